The van der Waals surface area contributed by atoms with Gasteiger partial charge in [-0.05, 0) is 30.3 Å². The number of hydrogen-bond acceptors (Lipinski definition) is 1. The molecule has 70 valence electrons. The normalized spacial score (nSPS) is 16.4. The van der Waals surface area contributed by atoms with Crippen molar-refractivity contribution in [3.63, 3.8) is 0 Å². The molecule has 0 unspecified atom stereocenters. The Bertz CT molecular complexity index is 182. The Balaban J connectivity index is 3.97. The van der Waals surface area contributed by atoms with Crippen molar-refractivity contribution in [3.05, 3.63) is 21.3 Å². The van der Waals surface area contributed by atoms with Crippen LogP contribution in [0.5, 0.6) is 0 Å². The topological polar surface area (TPSA) is 20.2 Å². The molecule has 0 bridgehead atoms. The van der Waals surface area contributed by atoms with Crippen LogP contribution in [0.2, 0.25) is 0 Å². The molecule has 0 aromatic heterocycles. The van der Waals surface area contributed by atoms with E-state index in [0.29, 0.717) is 5.92 Å². The minimum Gasteiger partial charge on any atom is -0.392 e. The van der Waals surface area contributed by atoms with Gasteiger partial charge in [-0.1, -0.05) is 46.7 Å². The number of aliphatic hydroxyl groups is 1. The molecular formula is C10H17IO. The highest BCUT2D eigenvalue weighted by Crippen LogP contribution is 2.14. The van der Waals surface area contributed by atoms with Crippen molar-refractivity contribution in [2.24, 2.45) is 5.92 Å². The van der Waals surface area contributed by atoms with Crippen molar-refractivity contribution >= 4 is 22.6 Å². The molecule has 1 atom stereocenters. The Morgan fingerprint density at radius 3 is 2.42 bits per heavy atom. The van der Waals surface area contributed by atoms with Gasteiger partial charge < -0.3 is 5.11 Å². The summed E-state index contributed by atoms with van der Waals surface area (Å²) in [5, 5.41) is 8.79. The molecule has 0 aliphatic heterocycles. The van der Waals surface area contributed by atoms with Crippen molar-refractivity contribution < 1.29 is 5.11 Å². The molecule has 0 rings (SSSR count). The highest BCUT2D eigenvalue weighted by Gasteiger charge is 1.99. The highest BCUT2D eigenvalue weighted by molar-refractivity contribution is 14.1. The summed E-state index contributed by atoms with van der Waals surface area (Å²) in [6.45, 7) is 6.44. The number of halogens is 1. The van der Waals surface area contributed by atoms with Crippen molar-refractivity contribution in [3.8, 4) is 0 Å². The summed E-state index contributed by atoms with van der Waals surface area (Å²) in [6.07, 6.45) is 3.21. The van der Waals surface area contributed by atoms with Crippen molar-refractivity contribution in [2.75, 3.05) is 6.61 Å². The van der Waals surface area contributed by atoms with Crippen LogP contribution in [0.1, 0.15) is 27.2 Å². The van der Waals surface area contributed by atoms with E-state index in [0.717, 1.165) is 12.0 Å². The summed E-state index contributed by atoms with van der Waals surface area (Å²) in [7, 11) is 0. The average Bonchev–Trinajstić information content (AvgIpc) is 2.03. The van der Waals surface area contributed by atoms with Crippen LogP contribution in [0.4, 0.5) is 0 Å². The third-order valence-electron chi connectivity index (χ3n) is 1.65. The summed E-state index contributed by atoms with van der Waals surface area (Å²) in [6, 6.07) is 0. The summed E-state index contributed by atoms with van der Waals surface area (Å²) in [5.74, 6) is 0.531. The molecule has 0 amide bonds. The Labute approximate surface area is 88.7 Å². The quantitative estimate of drug-likeness (QED) is 0.619. The maximum absolute atomic E-state index is 8.79. The zero-order valence-electron chi connectivity index (χ0n) is 7.97. The van der Waals surface area contributed by atoms with Crippen LogP contribution in [0.3, 0.4) is 0 Å². The molecule has 0 aliphatic carbocycles. The zero-order chi connectivity index (χ0) is 9.56. The number of hydrogen-bond donors (Lipinski definition) is 1. The first-order valence-electron chi connectivity index (χ1n) is 4.14. The summed E-state index contributed by atoms with van der Waals surface area (Å²) < 4.78 is 2.11. The lowest BCUT2D eigenvalue weighted by Crippen LogP contribution is -1.94. The van der Waals surface area contributed by atoms with Crippen molar-refractivity contribution in [1.82, 2.24) is 0 Å². The van der Waals surface area contributed by atoms with E-state index in [1.54, 1.807) is 0 Å². The lowest BCUT2D eigenvalue weighted by atomic mass is 10.0. The first-order chi connectivity index (χ1) is 5.60. The maximum Gasteiger partial charge on any atom is 0.0639 e. The SMILES string of the molecule is CC(=C[C@H](C)CC(C)=CI)CO. The Morgan fingerprint density at radius 1 is 1.42 bits per heavy atom. The molecule has 0 radical (unpaired) electrons. The molecule has 0 aliphatic rings. The van der Waals surface area contributed by atoms with Crippen LogP contribution in [-0.2, 0) is 0 Å². The number of rotatable bonds is 4. The number of aliphatic hydroxyl groups excluding tert-OH is 1. The van der Waals surface area contributed by atoms with Gasteiger partial charge in [-0.2, -0.15) is 0 Å². The van der Waals surface area contributed by atoms with Crippen LogP contribution < -0.4 is 0 Å². The Hall–Kier alpha value is 0.170. The first-order valence-corrected chi connectivity index (χ1v) is 5.38. The first kappa shape index (κ1) is 12.2. The largest absolute Gasteiger partial charge is 0.392 e. The summed E-state index contributed by atoms with van der Waals surface area (Å²) in [5.41, 5.74) is 2.45. The molecule has 0 saturated carbocycles. The van der Waals surface area contributed by atoms with Crippen molar-refractivity contribution in [1.29, 1.82) is 0 Å². The zero-order valence-corrected chi connectivity index (χ0v) is 10.1. The molecule has 0 aromatic carbocycles. The molecule has 12 heavy (non-hydrogen) atoms. The molecule has 0 aromatic rings. The predicted molar refractivity (Wildman–Crippen MR) is 62.4 cm³/mol. The fourth-order valence-electron chi connectivity index (χ4n) is 1.15. The Kier molecular flexibility index (Phi) is 6.76. The van der Waals surface area contributed by atoms with Gasteiger partial charge in [-0.25, -0.2) is 0 Å². The van der Waals surface area contributed by atoms with E-state index in [2.05, 4.69) is 46.6 Å². The second-order valence-corrected chi connectivity index (χ2v) is 3.93. The summed E-state index contributed by atoms with van der Waals surface area (Å²) in [4.78, 5) is 0. The molecule has 1 N–H and O–H groups in total. The van der Waals surface area contributed by atoms with Gasteiger partial charge in [0.2, 0.25) is 0 Å². The van der Waals surface area contributed by atoms with Crippen LogP contribution in [-0.4, -0.2) is 11.7 Å². The minimum absolute atomic E-state index is 0.178. The van der Waals surface area contributed by atoms with Gasteiger partial charge in [0.05, 0.1) is 6.61 Å². The standard InChI is InChI=1S/C10H17IO/c1-8(4-9(2)6-11)5-10(3)7-12/h5-6,8,12H,4,7H2,1-3H3/t8-/m1/s1. The van der Waals surface area contributed by atoms with E-state index in [1.807, 2.05) is 6.92 Å². The molecular weight excluding hydrogens is 263 g/mol. The molecule has 2 heteroatoms. The fraction of sp³-hybridized carbons (Fsp3) is 0.600. The predicted octanol–water partition coefficient (Wildman–Crippen LogP) is 3.29. The lowest BCUT2D eigenvalue weighted by molar-refractivity contribution is 0.330. The van der Waals surface area contributed by atoms with Gasteiger partial charge in [-0.15, -0.1) is 0 Å². The van der Waals surface area contributed by atoms with Crippen LogP contribution in [0.25, 0.3) is 0 Å². The second kappa shape index (κ2) is 6.66. The van der Waals surface area contributed by atoms with E-state index < -0.39 is 0 Å². The van der Waals surface area contributed by atoms with E-state index in [1.165, 1.54) is 5.57 Å². The highest BCUT2D eigenvalue weighted by atomic mass is 127. The van der Waals surface area contributed by atoms with Crippen LogP contribution in [0.15, 0.2) is 21.3 Å². The molecule has 0 fully saturated rings. The summed E-state index contributed by atoms with van der Waals surface area (Å²) >= 11 is 2.26. The van der Waals surface area contributed by atoms with Gasteiger partial charge in [-0.3, -0.25) is 0 Å². The Morgan fingerprint density at radius 2 is 2.00 bits per heavy atom. The van der Waals surface area contributed by atoms with Crippen LogP contribution >= 0.6 is 22.6 Å². The van der Waals surface area contributed by atoms with Crippen LogP contribution in [0, 0.1) is 5.92 Å². The van der Waals surface area contributed by atoms with Gasteiger partial charge in [0.25, 0.3) is 0 Å². The van der Waals surface area contributed by atoms with Gasteiger partial charge in [0.15, 0.2) is 0 Å². The number of allylic oxidation sites excluding steroid dienone is 2. The van der Waals surface area contributed by atoms with Gasteiger partial charge >= 0.3 is 0 Å². The van der Waals surface area contributed by atoms with Gasteiger partial charge in [0.1, 0.15) is 0 Å². The smallest absolute Gasteiger partial charge is 0.0639 e. The van der Waals surface area contributed by atoms with E-state index in [-0.39, 0.29) is 6.61 Å². The maximum atomic E-state index is 8.79. The van der Waals surface area contributed by atoms with E-state index >= 15 is 0 Å². The molecule has 0 heterocycles. The molecule has 0 saturated heterocycles. The van der Waals surface area contributed by atoms with E-state index in [9.17, 15) is 0 Å². The fourth-order valence-corrected chi connectivity index (χ4v) is 1.40. The third-order valence-corrected chi connectivity index (χ3v) is 2.71. The third kappa shape index (κ3) is 5.77. The molecule has 1 nitrogen and oxygen atoms in total. The molecule has 0 spiro atoms. The van der Waals surface area contributed by atoms with Crippen molar-refractivity contribution in [2.45, 2.75) is 27.2 Å². The van der Waals surface area contributed by atoms with E-state index in [4.69, 9.17) is 5.11 Å². The average molecular weight is 280 g/mol. The minimum atomic E-state index is 0.178. The monoisotopic (exact) mass is 280 g/mol. The van der Waals surface area contributed by atoms with Gasteiger partial charge in [0, 0.05) is 0 Å². The second-order valence-electron chi connectivity index (χ2n) is 3.31. The lowest BCUT2D eigenvalue weighted by Gasteiger charge is -2.07.